The van der Waals surface area contributed by atoms with Gasteiger partial charge in [0.25, 0.3) is 0 Å². The van der Waals surface area contributed by atoms with Crippen molar-refractivity contribution in [1.82, 2.24) is 9.88 Å². The highest BCUT2D eigenvalue weighted by molar-refractivity contribution is 6.06. The van der Waals surface area contributed by atoms with Crippen LogP contribution in [0.2, 0.25) is 0 Å². The highest BCUT2D eigenvalue weighted by Crippen LogP contribution is 2.36. The van der Waals surface area contributed by atoms with Gasteiger partial charge >= 0.3 is 0 Å². The number of nitrogens with zero attached hydrogens (tertiary/aromatic N) is 4. The van der Waals surface area contributed by atoms with E-state index in [0.29, 0.717) is 24.5 Å². The predicted octanol–water partition coefficient (Wildman–Crippen LogP) is 0.621. The number of hydrogen-bond donors (Lipinski definition) is 0. The molecule has 21 heavy (non-hydrogen) atoms. The number of nitriles is 1. The van der Waals surface area contributed by atoms with Gasteiger partial charge in [-0.05, 0) is 25.5 Å². The lowest BCUT2D eigenvalue weighted by atomic mass is 10.00. The molecule has 3 heterocycles. The normalized spacial score (nSPS) is 24.5. The molecule has 2 aliphatic rings. The minimum atomic E-state index is -0.309. The first-order chi connectivity index (χ1) is 9.93. The molecule has 0 unspecified atom stereocenters. The molecule has 0 N–H and O–H groups in total. The van der Waals surface area contributed by atoms with E-state index >= 15 is 0 Å². The Morgan fingerprint density at radius 2 is 1.81 bits per heavy atom. The van der Waals surface area contributed by atoms with Crippen LogP contribution in [-0.4, -0.2) is 41.8 Å². The van der Waals surface area contributed by atoms with Crippen molar-refractivity contribution in [1.29, 1.82) is 5.26 Å². The summed E-state index contributed by atoms with van der Waals surface area (Å²) in [5, 5.41) is 9.34. The minimum Gasteiger partial charge on any atom is -0.354 e. The number of amides is 2. The summed E-state index contributed by atoms with van der Waals surface area (Å²) in [5.41, 5.74) is 2.22. The number of hydrogen-bond acceptors (Lipinski definition) is 5. The third-order valence-corrected chi connectivity index (χ3v) is 4.35. The number of rotatable bonds is 1. The molecule has 0 bridgehead atoms. The molecule has 2 saturated heterocycles. The van der Waals surface area contributed by atoms with Gasteiger partial charge in [-0.3, -0.25) is 14.5 Å². The van der Waals surface area contributed by atoms with E-state index in [9.17, 15) is 14.9 Å². The summed E-state index contributed by atoms with van der Waals surface area (Å²) in [4.78, 5) is 31.7. The van der Waals surface area contributed by atoms with Gasteiger partial charge in [0.2, 0.25) is 11.8 Å². The number of carbonyl (C=O) groups excluding carboxylic acids is 2. The average Bonchev–Trinajstić information content (AvgIpc) is 2.95. The molecule has 1 aromatic heterocycles. The van der Waals surface area contributed by atoms with Crippen LogP contribution in [0, 0.1) is 37.0 Å². The van der Waals surface area contributed by atoms with Crippen LogP contribution < -0.4 is 4.90 Å². The molecule has 6 nitrogen and oxygen atoms in total. The Balaban J connectivity index is 1.97. The Hall–Kier alpha value is -2.42. The summed E-state index contributed by atoms with van der Waals surface area (Å²) >= 11 is 0. The van der Waals surface area contributed by atoms with Crippen LogP contribution in [0.3, 0.4) is 0 Å². The van der Waals surface area contributed by atoms with Gasteiger partial charge in [0.05, 0.1) is 17.4 Å². The van der Waals surface area contributed by atoms with Gasteiger partial charge in [0, 0.05) is 25.8 Å². The van der Waals surface area contributed by atoms with E-state index in [1.807, 2.05) is 24.8 Å². The van der Waals surface area contributed by atoms with Gasteiger partial charge in [-0.15, -0.1) is 0 Å². The number of fused-ring (bicyclic) bond motifs is 1. The van der Waals surface area contributed by atoms with Crippen molar-refractivity contribution >= 4 is 17.6 Å². The number of anilines is 1. The highest BCUT2D eigenvalue weighted by atomic mass is 16.2. The summed E-state index contributed by atoms with van der Waals surface area (Å²) in [7, 11) is 1.53. The molecule has 2 atom stereocenters. The van der Waals surface area contributed by atoms with Crippen LogP contribution in [0.5, 0.6) is 0 Å². The highest BCUT2D eigenvalue weighted by Gasteiger charge is 2.51. The summed E-state index contributed by atoms with van der Waals surface area (Å²) in [6, 6.07) is 4.04. The van der Waals surface area contributed by atoms with Gasteiger partial charge in [-0.2, -0.15) is 5.26 Å². The fourth-order valence-electron chi connectivity index (χ4n) is 3.27. The Bertz CT molecular complexity index is 668. The van der Waals surface area contributed by atoms with E-state index in [0.717, 1.165) is 11.3 Å². The van der Waals surface area contributed by atoms with Crippen LogP contribution in [0.25, 0.3) is 0 Å². The monoisotopic (exact) mass is 284 g/mol. The van der Waals surface area contributed by atoms with Crippen LogP contribution in [0.4, 0.5) is 5.82 Å². The first-order valence-corrected chi connectivity index (χ1v) is 6.88. The Morgan fingerprint density at radius 3 is 2.33 bits per heavy atom. The lowest BCUT2D eigenvalue weighted by Crippen LogP contribution is -2.33. The molecule has 0 saturated carbocycles. The molecule has 2 amide bonds. The third kappa shape index (κ3) is 1.88. The van der Waals surface area contributed by atoms with E-state index < -0.39 is 0 Å². The molecule has 0 radical (unpaired) electrons. The second-order valence-electron chi connectivity index (χ2n) is 5.74. The van der Waals surface area contributed by atoms with Crippen LogP contribution in [0.15, 0.2) is 6.07 Å². The van der Waals surface area contributed by atoms with Gasteiger partial charge in [-0.25, -0.2) is 4.98 Å². The Morgan fingerprint density at radius 1 is 1.24 bits per heavy atom. The zero-order chi connectivity index (χ0) is 15.3. The molecule has 1 aromatic rings. The van der Waals surface area contributed by atoms with E-state index in [2.05, 4.69) is 11.1 Å². The quantitative estimate of drug-likeness (QED) is 0.707. The molecule has 0 aliphatic carbocycles. The van der Waals surface area contributed by atoms with Crippen LogP contribution >= 0.6 is 0 Å². The lowest BCUT2D eigenvalue weighted by Gasteiger charge is -2.21. The lowest BCUT2D eigenvalue weighted by molar-refractivity contribution is -0.138. The summed E-state index contributed by atoms with van der Waals surface area (Å²) in [5.74, 6) is -0.285. The molecule has 2 aliphatic heterocycles. The molecular formula is C15H16N4O2. The summed E-state index contributed by atoms with van der Waals surface area (Å²) in [6.45, 7) is 4.64. The molecule has 6 heteroatoms. The van der Waals surface area contributed by atoms with Crippen molar-refractivity contribution < 1.29 is 9.59 Å². The van der Waals surface area contributed by atoms with Crippen molar-refractivity contribution in [3.05, 3.63) is 22.9 Å². The van der Waals surface area contributed by atoms with Gasteiger partial charge in [0.15, 0.2) is 0 Å². The fraction of sp³-hybridized carbons (Fsp3) is 0.467. The predicted molar refractivity (Wildman–Crippen MR) is 75.4 cm³/mol. The van der Waals surface area contributed by atoms with E-state index in [1.165, 1.54) is 11.9 Å². The molecule has 108 valence electrons. The second-order valence-corrected chi connectivity index (χ2v) is 5.74. The zero-order valence-corrected chi connectivity index (χ0v) is 12.3. The number of likely N-dealkylation sites (tertiary alicyclic amines) is 1. The average molecular weight is 284 g/mol. The number of pyridine rings is 1. The maximum atomic E-state index is 12.1. The smallest absolute Gasteiger partial charge is 0.234 e. The largest absolute Gasteiger partial charge is 0.354 e. The van der Waals surface area contributed by atoms with E-state index in [4.69, 9.17) is 0 Å². The number of aryl methyl sites for hydroxylation is 2. The first kappa shape index (κ1) is 13.6. The number of carbonyl (C=O) groups is 2. The summed E-state index contributed by atoms with van der Waals surface area (Å²) < 4.78 is 0. The fourth-order valence-corrected chi connectivity index (χ4v) is 3.27. The SMILES string of the molecule is Cc1cc(C)c(C#N)c(N2C[C@@H]3C(=O)N(C)C(=O)[C@@H]3C2)n1. The third-order valence-electron chi connectivity index (χ3n) is 4.35. The topological polar surface area (TPSA) is 77.3 Å². The second kappa shape index (κ2) is 4.55. The molecule has 2 fully saturated rings. The Kier molecular flexibility index (Phi) is 2.94. The standard InChI is InChI=1S/C15H16N4O2/c1-8-4-9(2)17-13(10(8)5-16)19-6-11-12(7-19)15(21)18(3)14(11)20/h4,11-12H,6-7H2,1-3H3/t11-,12+. The van der Waals surface area contributed by atoms with Crippen molar-refractivity contribution in [2.24, 2.45) is 11.8 Å². The minimum absolute atomic E-state index is 0.129. The van der Waals surface area contributed by atoms with Gasteiger partial charge < -0.3 is 4.90 Å². The zero-order valence-electron chi connectivity index (χ0n) is 12.3. The molecular weight excluding hydrogens is 268 g/mol. The molecule has 0 spiro atoms. The maximum absolute atomic E-state index is 12.1. The van der Waals surface area contributed by atoms with Gasteiger partial charge in [0.1, 0.15) is 11.9 Å². The first-order valence-electron chi connectivity index (χ1n) is 6.88. The van der Waals surface area contributed by atoms with Crippen molar-refractivity contribution in [3.8, 4) is 6.07 Å². The molecule has 3 rings (SSSR count). The molecule has 0 aromatic carbocycles. The number of imide groups is 1. The maximum Gasteiger partial charge on any atom is 0.234 e. The van der Waals surface area contributed by atoms with E-state index in [-0.39, 0.29) is 23.7 Å². The van der Waals surface area contributed by atoms with E-state index in [1.54, 1.807) is 0 Å². The summed E-state index contributed by atoms with van der Waals surface area (Å²) in [6.07, 6.45) is 0. The van der Waals surface area contributed by atoms with Crippen molar-refractivity contribution in [2.45, 2.75) is 13.8 Å². The van der Waals surface area contributed by atoms with Crippen molar-refractivity contribution in [3.63, 3.8) is 0 Å². The van der Waals surface area contributed by atoms with Crippen molar-refractivity contribution in [2.75, 3.05) is 25.0 Å². The number of aromatic nitrogens is 1. The van der Waals surface area contributed by atoms with Crippen LogP contribution in [-0.2, 0) is 9.59 Å². The van der Waals surface area contributed by atoms with Gasteiger partial charge in [-0.1, -0.05) is 0 Å². The Labute approximate surface area is 123 Å². The van der Waals surface area contributed by atoms with Crippen LogP contribution in [0.1, 0.15) is 16.8 Å².